The van der Waals surface area contributed by atoms with Gasteiger partial charge in [0.2, 0.25) is 11.8 Å². The van der Waals surface area contributed by atoms with Gasteiger partial charge < -0.3 is 14.5 Å². The molecule has 0 radical (unpaired) electrons. The Labute approximate surface area is 165 Å². The maximum absolute atomic E-state index is 12.5. The number of nitrogens with one attached hydrogen (secondary N) is 1. The quantitative estimate of drug-likeness (QED) is 0.638. The zero-order chi connectivity index (χ0) is 20.1. The van der Waals surface area contributed by atoms with Gasteiger partial charge in [0.05, 0.1) is 24.3 Å². The first-order valence-corrected chi connectivity index (χ1v) is 9.50. The van der Waals surface area contributed by atoms with E-state index in [0.29, 0.717) is 17.3 Å². The van der Waals surface area contributed by atoms with Crippen LogP contribution >= 0.6 is 0 Å². The number of nitrogens with zero attached hydrogens (tertiary/aromatic N) is 1. The summed E-state index contributed by atoms with van der Waals surface area (Å²) in [5.74, 6) is 1.93. The van der Waals surface area contributed by atoms with E-state index >= 15 is 0 Å². The van der Waals surface area contributed by atoms with Crippen LogP contribution in [0.5, 0.6) is 5.75 Å². The van der Waals surface area contributed by atoms with E-state index in [1.807, 2.05) is 82.3 Å². The molecule has 0 aliphatic rings. The first-order valence-electron chi connectivity index (χ1n) is 9.50. The average molecular weight is 378 g/mol. The van der Waals surface area contributed by atoms with E-state index in [1.165, 1.54) is 0 Å². The molecule has 0 spiro atoms. The number of hydrogen-bond donors (Lipinski definition) is 1. The summed E-state index contributed by atoms with van der Waals surface area (Å²) >= 11 is 0. The maximum Gasteiger partial charge on any atom is 0.226 e. The van der Waals surface area contributed by atoms with Crippen molar-refractivity contribution in [3.63, 3.8) is 0 Å². The van der Waals surface area contributed by atoms with Crippen LogP contribution in [0.15, 0.2) is 59.0 Å². The van der Waals surface area contributed by atoms with Gasteiger partial charge in [0.15, 0.2) is 0 Å². The van der Waals surface area contributed by atoms with Crippen molar-refractivity contribution >= 4 is 5.91 Å². The molecule has 0 fully saturated rings. The Morgan fingerprint density at radius 2 is 1.75 bits per heavy atom. The number of rotatable bonds is 7. The molecule has 28 heavy (non-hydrogen) atoms. The highest BCUT2D eigenvalue weighted by atomic mass is 16.5. The molecule has 1 atom stereocenters. The van der Waals surface area contributed by atoms with Crippen molar-refractivity contribution in [1.82, 2.24) is 10.3 Å². The first-order chi connectivity index (χ1) is 13.4. The van der Waals surface area contributed by atoms with Crippen LogP contribution in [0.1, 0.15) is 43.8 Å². The van der Waals surface area contributed by atoms with Gasteiger partial charge in [-0.15, -0.1) is 0 Å². The van der Waals surface area contributed by atoms with Gasteiger partial charge in [0, 0.05) is 5.56 Å². The SMILES string of the molecule is Cc1oc(-c2ccccc2)nc1CC(=O)NC(C)c1ccc(OC(C)C)cc1. The van der Waals surface area contributed by atoms with Gasteiger partial charge in [-0.1, -0.05) is 30.3 Å². The number of benzene rings is 2. The standard InChI is InChI=1S/C23H26N2O3/c1-15(2)27-20-12-10-18(11-13-20)16(3)24-22(26)14-21-17(4)28-23(25-21)19-8-6-5-7-9-19/h5-13,15-16H,14H2,1-4H3,(H,24,26). The topological polar surface area (TPSA) is 64.4 Å². The molecule has 2 aromatic carbocycles. The second kappa shape index (κ2) is 8.74. The third-order valence-corrected chi connectivity index (χ3v) is 4.37. The minimum atomic E-state index is -0.110. The molecule has 3 aromatic rings. The Bertz CT molecular complexity index is 915. The van der Waals surface area contributed by atoms with Crippen molar-refractivity contribution in [2.45, 2.75) is 46.3 Å². The van der Waals surface area contributed by atoms with E-state index < -0.39 is 0 Å². The van der Waals surface area contributed by atoms with Crippen LogP contribution in [0.4, 0.5) is 0 Å². The molecule has 0 saturated carbocycles. The Kier molecular flexibility index (Phi) is 6.14. The van der Waals surface area contributed by atoms with E-state index in [1.54, 1.807) is 0 Å². The maximum atomic E-state index is 12.5. The van der Waals surface area contributed by atoms with Gasteiger partial charge in [-0.05, 0) is 57.5 Å². The summed E-state index contributed by atoms with van der Waals surface area (Å²) in [5.41, 5.74) is 2.57. The lowest BCUT2D eigenvalue weighted by molar-refractivity contribution is -0.121. The van der Waals surface area contributed by atoms with Gasteiger partial charge >= 0.3 is 0 Å². The molecule has 1 N–H and O–H groups in total. The molecule has 1 amide bonds. The van der Waals surface area contributed by atoms with Gasteiger partial charge in [0.25, 0.3) is 0 Å². The summed E-state index contributed by atoms with van der Waals surface area (Å²) < 4.78 is 11.4. The monoisotopic (exact) mass is 378 g/mol. The summed E-state index contributed by atoms with van der Waals surface area (Å²) in [6, 6.07) is 17.3. The Hall–Kier alpha value is -3.08. The van der Waals surface area contributed by atoms with Crippen molar-refractivity contribution in [3.8, 4) is 17.2 Å². The van der Waals surface area contributed by atoms with Crippen molar-refractivity contribution in [3.05, 3.63) is 71.6 Å². The summed E-state index contributed by atoms with van der Waals surface area (Å²) in [6.07, 6.45) is 0.315. The van der Waals surface area contributed by atoms with Crippen LogP contribution in [-0.4, -0.2) is 17.0 Å². The second-order valence-electron chi connectivity index (χ2n) is 7.09. The molecule has 0 saturated heterocycles. The summed E-state index contributed by atoms with van der Waals surface area (Å²) in [6.45, 7) is 7.78. The molecule has 1 aromatic heterocycles. The lowest BCUT2D eigenvalue weighted by Crippen LogP contribution is -2.28. The van der Waals surface area contributed by atoms with Crippen LogP contribution in [0.2, 0.25) is 0 Å². The highest BCUT2D eigenvalue weighted by Crippen LogP contribution is 2.22. The fourth-order valence-corrected chi connectivity index (χ4v) is 2.93. The number of amides is 1. The van der Waals surface area contributed by atoms with Crippen LogP contribution in [-0.2, 0) is 11.2 Å². The molecule has 0 bridgehead atoms. The Morgan fingerprint density at radius 3 is 2.39 bits per heavy atom. The van der Waals surface area contributed by atoms with Crippen LogP contribution in [0, 0.1) is 6.92 Å². The zero-order valence-electron chi connectivity index (χ0n) is 16.7. The lowest BCUT2D eigenvalue weighted by atomic mass is 10.1. The van der Waals surface area contributed by atoms with Crippen LogP contribution in [0.25, 0.3) is 11.5 Å². The fraction of sp³-hybridized carbons (Fsp3) is 0.304. The Balaban J connectivity index is 1.61. The molecule has 0 aliphatic heterocycles. The molecule has 1 unspecified atom stereocenters. The van der Waals surface area contributed by atoms with E-state index in [9.17, 15) is 4.79 Å². The lowest BCUT2D eigenvalue weighted by Gasteiger charge is -2.15. The predicted octanol–water partition coefficient (Wildman–Crippen LogP) is 4.86. The van der Waals surface area contributed by atoms with Crippen molar-refractivity contribution < 1.29 is 13.9 Å². The molecular weight excluding hydrogens is 352 g/mol. The fourth-order valence-electron chi connectivity index (χ4n) is 2.93. The van der Waals surface area contributed by atoms with Crippen molar-refractivity contribution in [2.24, 2.45) is 0 Å². The number of ether oxygens (including phenoxy) is 1. The molecule has 0 aliphatic carbocycles. The van der Waals surface area contributed by atoms with E-state index in [2.05, 4.69) is 10.3 Å². The zero-order valence-corrected chi connectivity index (χ0v) is 16.7. The number of oxazole rings is 1. The van der Waals surface area contributed by atoms with E-state index in [0.717, 1.165) is 16.9 Å². The number of aromatic nitrogens is 1. The second-order valence-corrected chi connectivity index (χ2v) is 7.09. The molecule has 3 rings (SSSR count). The molecule has 5 heteroatoms. The van der Waals surface area contributed by atoms with Crippen LogP contribution < -0.4 is 10.1 Å². The van der Waals surface area contributed by atoms with E-state index in [-0.39, 0.29) is 24.5 Å². The first kappa shape index (κ1) is 19.7. The van der Waals surface area contributed by atoms with Gasteiger partial charge in [-0.3, -0.25) is 4.79 Å². The highest BCUT2D eigenvalue weighted by molar-refractivity contribution is 5.79. The normalized spacial score (nSPS) is 12.0. The molecular formula is C23H26N2O3. The third-order valence-electron chi connectivity index (χ3n) is 4.37. The average Bonchev–Trinajstić information content (AvgIpc) is 3.03. The number of carbonyl (C=O) groups excluding carboxylic acids is 1. The minimum absolute atomic E-state index is 0.0916. The Morgan fingerprint density at radius 1 is 1.07 bits per heavy atom. The highest BCUT2D eigenvalue weighted by Gasteiger charge is 2.16. The van der Waals surface area contributed by atoms with E-state index in [4.69, 9.17) is 9.15 Å². The summed E-state index contributed by atoms with van der Waals surface area (Å²) in [5, 5.41) is 3.02. The number of aryl methyl sites for hydroxylation is 1. The number of hydrogen-bond acceptors (Lipinski definition) is 4. The molecule has 146 valence electrons. The van der Waals surface area contributed by atoms with Crippen LogP contribution in [0.3, 0.4) is 0 Å². The van der Waals surface area contributed by atoms with Gasteiger partial charge in [-0.25, -0.2) is 4.98 Å². The summed E-state index contributed by atoms with van der Waals surface area (Å²) in [7, 11) is 0. The number of carbonyl (C=O) groups is 1. The molecule has 5 nitrogen and oxygen atoms in total. The largest absolute Gasteiger partial charge is 0.491 e. The van der Waals surface area contributed by atoms with Crippen molar-refractivity contribution in [1.29, 1.82) is 0 Å². The minimum Gasteiger partial charge on any atom is -0.491 e. The van der Waals surface area contributed by atoms with Crippen molar-refractivity contribution in [2.75, 3.05) is 0 Å². The smallest absolute Gasteiger partial charge is 0.226 e. The third kappa shape index (κ3) is 5.00. The van der Waals surface area contributed by atoms with Gasteiger partial charge in [-0.2, -0.15) is 0 Å². The summed E-state index contributed by atoms with van der Waals surface area (Å²) in [4.78, 5) is 17.0. The predicted molar refractivity (Wildman–Crippen MR) is 109 cm³/mol. The molecule has 1 heterocycles. The van der Waals surface area contributed by atoms with Gasteiger partial charge in [0.1, 0.15) is 11.5 Å².